The highest BCUT2D eigenvalue weighted by atomic mass is 79.9. The van der Waals surface area contributed by atoms with Crippen molar-refractivity contribution < 1.29 is 18.0 Å². The van der Waals surface area contributed by atoms with Crippen LogP contribution in [0.3, 0.4) is 0 Å². The summed E-state index contributed by atoms with van der Waals surface area (Å²) in [6, 6.07) is 6.60. The first-order valence-corrected chi connectivity index (χ1v) is 10.2. The van der Waals surface area contributed by atoms with Crippen molar-refractivity contribution in [1.29, 1.82) is 0 Å². The number of hydrogen-bond acceptors (Lipinski definition) is 2. The van der Waals surface area contributed by atoms with Gasteiger partial charge in [0.2, 0.25) is 0 Å². The molecule has 0 aliphatic carbocycles. The molecule has 0 spiro atoms. The Morgan fingerprint density at radius 1 is 1.24 bits per heavy atom. The van der Waals surface area contributed by atoms with Gasteiger partial charge in [0.1, 0.15) is 5.75 Å². The summed E-state index contributed by atoms with van der Waals surface area (Å²) in [6.45, 7) is 10.3. The Morgan fingerprint density at radius 2 is 1.76 bits per heavy atom. The maximum atomic E-state index is 12.9. The van der Waals surface area contributed by atoms with E-state index in [1.807, 2.05) is 29.0 Å². The number of carbonyl (C=O) groups excluding carboxylic acids is 1. The monoisotopic (exact) mass is 379 g/mol. The standard InChI is InChI=1S/C14H20BrF2NO2Si/c1-13(2,3)21(4,5)20-11-9-7-6-8-10(11)18-12(19)14(15,16)17/h6-9H,1-5H3,(H,18,19). The lowest BCUT2D eigenvalue weighted by molar-refractivity contribution is -0.128. The predicted octanol–water partition coefficient (Wildman–Crippen LogP) is 5.00. The van der Waals surface area contributed by atoms with Gasteiger partial charge in [-0.1, -0.05) is 32.9 Å². The topological polar surface area (TPSA) is 38.3 Å². The molecule has 0 aromatic heterocycles. The molecular formula is C14H20BrF2NO2Si. The largest absolute Gasteiger partial charge is 0.542 e. The van der Waals surface area contributed by atoms with Gasteiger partial charge >= 0.3 is 10.7 Å². The van der Waals surface area contributed by atoms with Gasteiger partial charge in [0.25, 0.3) is 8.32 Å². The van der Waals surface area contributed by atoms with Gasteiger partial charge < -0.3 is 9.74 Å². The van der Waals surface area contributed by atoms with E-state index in [-0.39, 0.29) is 10.7 Å². The minimum absolute atomic E-state index is 0.0382. The van der Waals surface area contributed by atoms with Crippen LogP contribution in [0.15, 0.2) is 24.3 Å². The minimum atomic E-state index is -3.61. The van der Waals surface area contributed by atoms with Gasteiger partial charge in [-0.3, -0.25) is 4.79 Å². The van der Waals surface area contributed by atoms with E-state index in [0.29, 0.717) is 5.75 Å². The molecule has 1 aromatic carbocycles. The number of alkyl halides is 3. The molecule has 3 nitrogen and oxygen atoms in total. The number of amides is 1. The molecule has 0 atom stereocenters. The lowest BCUT2D eigenvalue weighted by Crippen LogP contribution is -2.44. The van der Waals surface area contributed by atoms with E-state index in [0.717, 1.165) is 0 Å². The van der Waals surface area contributed by atoms with Crippen LogP contribution in [0.2, 0.25) is 18.1 Å². The Bertz CT molecular complexity index is 524. The third kappa shape index (κ3) is 4.77. The highest BCUT2D eigenvalue weighted by molar-refractivity contribution is 9.10. The zero-order chi connectivity index (χ0) is 16.5. The average molecular weight is 380 g/mol. The lowest BCUT2D eigenvalue weighted by atomic mass is 10.2. The summed E-state index contributed by atoms with van der Waals surface area (Å²) in [6.07, 6.45) is 0. The summed E-state index contributed by atoms with van der Waals surface area (Å²) >= 11 is 2.04. The molecule has 1 N–H and O–H groups in total. The molecule has 1 amide bonds. The molecule has 0 saturated heterocycles. The summed E-state index contributed by atoms with van der Waals surface area (Å²) in [4.78, 5) is 7.78. The van der Waals surface area contributed by atoms with E-state index in [1.165, 1.54) is 0 Å². The molecule has 0 unspecified atom stereocenters. The molecule has 0 heterocycles. The van der Waals surface area contributed by atoms with Crippen LogP contribution in [-0.2, 0) is 4.79 Å². The molecular weight excluding hydrogens is 360 g/mol. The Hall–Kier alpha value is -0.953. The summed E-state index contributed by atoms with van der Waals surface area (Å²) in [5, 5.41) is 2.15. The zero-order valence-electron chi connectivity index (χ0n) is 12.8. The Kier molecular flexibility index (Phi) is 5.21. The molecule has 0 saturated carbocycles. The summed E-state index contributed by atoms with van der Waals surface area (Å²) < 4.78 is 31.9. The maximum Gasteiger partial charge on any atom is 0.378 e. The molecule has 1 rings (SSSR count). The van der Waals surface area contributed by atoms with Crippen molar-refractivity contribution in [3.8, 4) is 5.75 Å². The number of para-hydroxylation sites is 2. The molecule has 118 valence electrons. The molecule has 7 heteroatoms. The second-order valence-corrected chi connectivity index (χ2v) is 12.0. The summed E-state index contributed by atoms with van der Waals surface area (Å²) in [5.74, 6) is -1.01. The Balaban J connectivity index is 3.04. The van der Waals surface area contributed by atoms with Gasteiger partial charge in [0.15, 0.2) is 0 Å². The highest BCUT2D eigenvalue weighted by Gasteiger charge is 2.40. The number of rotatable bonds is 4. The second kappa shape index (κ2) is 6.04. The van der Waals surface area contributed by atoms with Crippen LogP contribution >= 0.6 is 15.9 Å². The Labute approximate surface area is 133 Å². The normalized spacial score (nSPS) is 13.0. The molecule has 0 fully saturated rings. The highest BCUT2D eigenvalue weighted by Crippen LogP contribution is 2.39. The number of benzene rings is 1. The van der Waals surface area contributed by atoms with Crippen LogP contribution in [0.4, 0.5) is 14.5 Å². The van der Waals surface area contributed by atoms with Crippen LogP contribution in [0.5, 0.6) is 5.75 Å². The van der Waals surface area contributed by atoms with Crippen molar-refractivity contribution >= 4 is 35.8 Å². The quantitative estimate of drug-likeness (QED) is 0.590. The summed E-state index contributed by atoms with van der Waals surface area (Å²) in [5.41, 5.74) is 0.242. The van der Waals surface area contributed by atoms with Crippen molar-refractivity contribution in [3.05, 3.63) is 24.3 Å². The van der Waals surface area contributed by atoms with E-state index < -0.39 is 19.1 Å². The zero-order valence-corrected chi connectivity index (χ0v) is 15.3. The predicted molar refractivity (Wildman–Crippen MR) is 86.8 cm³/mol. The fourth-order valence-corrected chi connectivity index (χ4v) is 2.41. The van der Waals surface area contributed by atoms with E-state index in [2.05, 4.69) is 26.1 Å². The van der Waals surface area contributed by atoms with E-state index in [9.17, 15) is 13.6 Å². The van der Waals surface area contributed by atoms with Crippen molar-refractivity contribution in [2.45, 2.75) is 43.7 Å². The molecule has 1 aromatic rings. The van der Waals surface area contributed by atoms with Crippen molar-refractivity contribution in [1.82, 2.24) is 0 Å². The van der Waals surface area contributed by atoms with Crippen molar-refractivity contribution in [2.75, 3.05) is 5.32 Å². The first kappa shape index (κ1) is 18.1. The fourth-order valence-electron chi connectivity index (χ4n) is 1.28. The lowest BCUT2D eigenvalue weighted by Gasteiger charge is -2.37. The number of halogens is 3. The van der Waals surface area contributed by atoms with Crippen LogP contribution in [0.1, 0.15) is 20.8 Å². The van der Waals surface area contributed by atoms with Crippen LogP contribution < -0.4 is 9.74 Å². The fraction of sp³-hybridized carbons (Fsp3) is 0.500. The molecule has 0 aliphatic heterocycles. The molecule has 0 aliphatic rings. The molecule has 0 radical (unpaired) electrons. The van der Waals surface area contributed by atoms with Gasteiger partial charge in [-0.25, -0.2) is 0 Å². The van der Waals surface area contributed by atoms with Crippen molar-refractivity contribution in [3.63, 3.8) is 0 Å². The number of anilines is 1. The van der Waals surface area contributed by atoms with Gasteiger partial charge in [-0.2, -0.15) is 8.78 Å². The van der Waals surface area contributed by atoms with Gasteiger partial charge in [0, 0.05) is 15.9 Å². The van der Waals surface area contributed by atoms with Crippen LogP contribution in [0, 0.1) is 0 Å². The minimum Gasteiger partial charge on any atom is -0.542 e. The third-order valence-corrected chi connectivity index (χ3v) is 8.27. The number of hydrogen-bond donors (Lipinski definition) is 1. The van der Waals surface area contributed by atoms with E-state index >= 15 is 0 Å². The Morgan fingerprint density at radius 3 is 2.24 bits per heavy atom. The first-order chi connectivity index (χ1) is 9.34. The van der Waals surface area contributed by atoms with Gasteiger partial charge in [-0.15, -0.1) is 0 Å². The molecule has 0 bridgehead atoms. The second-order valence-electron chi connectivity index (χ2n) is 6.31. The van der Waals surface area contributed by atoms with Gasteiger partial charge in [0.05, 0.1) is 5.69 Å². The third-order valence-electron chi connectivity index (χ3n) is 3.56. The smallest absolute Gasteiger partial charge is 0.378 e. The average Bonchev–Trinajstić information content (AvgIpc) is 2.28. The van der Waals surface area contributed by atoms with Crippen molar-refractivity contribution in [2.24, 2.45) is 0 Å². The first-order valence-electron chi connectivity index (χ1n) is 6.51. The number of carbonyl (C=O) groups is 1. The molecule has 21 heavy (non-hydrogen) atoms. The van der Waals surface area contributed by atoms with E-state index in [4.69, 9.17) is 4.43 Å². The van der Waals surface area contributed by atoms with E-state index in [1.54, 1.807) is 24.3 Å². The SMILES string of the molecule is CC(C)(C)[Si](C)(C)Oc1ccccc1NC(=O)C(F)(F)Br. The number of nitrogens with one attached hydrogen (secondary N) is 1. The summed E-state index contributed by atoms with van der Waals surface area (Å²) in [7, 11) is -2.12. The maximum absolute atomic E-state index is 12.9. The van der Waals surface area contributed by atoms with Crippen LogP contribution in [-0.4, -0.2) is 19.1 Å². The van der Waals surface area contributed by atoms with Crippen LogP contribution in [0.25, 0.3) is 0 Å². The van der Waals surface area contributed by atoms with Gasteiger partial charge in [-0.05, 0) is 30.3 Å².